The van der Waals surface area contributed by atoms with Crippen molar-refractivity contribution in [1.29, 1.82) is 0 Å². The van der Waals surface area contributed by atoms with Crippen molar-refractivity contribution >= 4 is 54.5 Å². The predicted molar refractivity (Wildman–Crippen MR) is 93.8 cm³/mol. The van der Waals surface area contributed by atoms with E-state index in [0.717, 1.165) is 9.35 Å². The summed E-state index contributed by atoms with van der Waals surface area (Å²) in [5, 5.41) is 1.90. The van der Waals surface area contributed by atoms with Crippen LogP contribution in [-0.2, 0) is 22.3 Å². The van der Waals surface area contributed by atoms with Gasteiger partial charge in [0.15, 0.2) is 0 Å². The van der Waals surface area contributed by atoms with Crippen LogP contribution in [0.15, 0.2) is 40.2 Å². The third-order valence-corrected chi connectivity index (χ3v) is 6.19. The number of halogens is 1. The number of thiophene rings is 1. The zero-order valence-corrected chi connectivity index (χ0v) is 14.9. The average molecular weight is 405 g/mol. The molecule has 0 aliphatic rings. The molecule has 0 unspecified atom stereocenters. The molecule has 0 saturated carbocycles. The minimum Gasteiger partial charge on any atom is -0.389 e. The normalized spacial score (nSPS) is 11.5. The van der Waals surface area contributed by atoms with E-state index < -0.39 is 10.0 Å². The van der Waals surface area contributed by atoms with Crippen LogP contribution >= 0.6 is 39.5 Å². The van der Waals surface area contributed by atoms with Gasteiger partial charge in [-0.05, 0) is 32.9 Å². The number of sulfonamides is 1. The van der Waals surface area contributed by atoms with Gasteiger partial charge in [-0.3, -0.25) is 0 Å². The Morgan fingerprint density at radius 1 is 1.33 bits per heavy atom. The molecule has 1 aromatic heterocycles. The molecule has 0 aliphatic carbocycles. The number of nitrogens with two attached hydrogens (primary N) is 1. The van der Waals surface area contributed by atoms with Gasteiger partial charge in [0, 0.05) is 21.5 Å². The molecule has 0 atom stereocenters. The van der Waals surface area contributed by atoms with Crippen molar-refractivity contribution in [3.63, 3.8) is 0 Å². The van der Waals surface area contributed by atoms with Gasteiger partial charge >= 0.3 is 0 Å². The van der Waals surface area contributed by atoms with Crippen LogP contribution in [0.25, 0.3) is 0 Å². The summed E-state index contributed by atoms with van der Waals surface area (Å²) < 4.78 is 27.8. The second-order valence-electron chi connectivity index (χ2n) is 4.29. The average Bonchev–Trinajstić information content (AvgIpc) is 2.82. The van der Waals surface area contributed by atoms with E-state index in [1.807, 2.05) is 11.4 Å². The van der Waals surface area contributed by atoms with E-state index >= 15 is 0 Å². The summed E-state index contributed by atoms with van der Waals surface area (Å²) in [4.78, 5) is 1.13. The Labute approximate surface area is 141 Å². The molecule has 0 radical (unpaired) electrons. The van der Waals surface area contributed by atoms with Gasteiger partial charge in [-0.15, -0.1) is 11.3 Å². The Kier molecular flexibility index (Phi) is 5.50. The maximum Gasteiger partial charge on any atom is 0.216 e. The summed E-state index contributed by atoms with van der Waals surface area (Å²) in [6.45, 7) is 0.260. The molecule has 0 spiro atoms. The second kappa shape index (κ2) is 6.97. The highest BCUT2D eigenvalue weighted by molar-refractivity contribution is 9.10. The molecule has 0 amide bonds. The van der Waals surface area contributed by atoms with E-state index in [1.54, 1.807) is 24.3 Å². The van der Waals surface area contributed by atoms with E-state index in [-0.39, 0.29) is 17.3 Å². The molecule has 8 heteroatoms. The standard InChI is InChI=1S/C13H13BrN2O2S3/c14-11-5-6-20-12(11)7-16-21(17,18)8-9-3-1-2-4-10(9)13(15)19/h1-6,16H,7-8H2,(H2,15,19). The monoisotopic (exact) mass is 404 g/mol. The minimum atomic E-state index is -3.46. The molecule has 0 fully saturated rings. The Hall–Kier alpha value is -0.800. The molecule has 21 heavy (non-hydrogen) atoms. The van der Waals surface area contributed by atoms with E-state index in [2.05, 4.69) is 20.7 Å². The van der Waals surface area contributed by atoms with Crippen LogP contribution in [0.5, 0.6) is 0 Å². The Balaban J connectivity index is 2.11. The second-order valence-corrected chi connectivity index (χ2v) is 8.39. The fourth-order valence-electron chi connectivity index (χ4n) is 1.77. The minimum absolute atomic E-state index is 0.149. The van der Waals surface area contributed by atoms with Crippen molar-refractivity contribution in [3.8, 4) is 0 Å². The molecule has 1 aromatic carbocycles. The van der Waals surface area contributed by atoms with Gasteiger partial charge in [0.1, 0.15) is 4.99 Å². The number of thiocarbonyl (C=S) groups is 1. The first-order valence-corrected chi connectivity index (χ1v) is 9.69. The van der Waals surface area contributed by atoms with Crippen molar-refractivity contribution in [2.24, 2.45) is 5.73 Å². The third-order valence-electron chi connectivity index (χ3n) is 2.77. The predicted octanol–water partition coefficient (Wildman–Crippen LogP) is 2.76. The first-order valence-electron chi connectivity index (χ1n) is 5.96. The third kappa shape index (κ3) is 4.58. The van der Waals surface area contributed by atoms with Gasteiger partial charge in [0.2, 0.25) is 10.0 Å². The lowest BCUT2D eigenvalue weighted by Gasteiger charge is -2.10. The fourth-order valence-corrected chi connectivity index (χ4v) is 4.62. The smallest absolute Gasteiger partial charge is 0.216 e. The lowest BCUT2D eigenvalue weighted by molar-refractivity contribution is 0.581. The summed E-state index contributed by atoms with van der Waals surface area (Å²) in [6, 6.07) is 8.87. The summed E-state index contributed by atoms with van der Waals surface area (Å²) in [7, 11) is -3.46. The van der Waals surface area contributed by atoms with E-state index in [9.17, 15) is 8.42 Å². The molecule has 4 nitrogen and oxygen atoms in total. The van der Waals surface area contributed by atoms with Gasteiger partial charge in [0.05, 0.1) is 5.75 Å². The van der Waals surface area contributed by atoms with E-state index in [0.29, 0.717) is 11.1 Å². The number of hydrogen-bond acceptors (Lipinski definition) is 4. The maximum absolute atomic E-state index is 12.2. The van der Waals surface area contributed by atoms with Crippen LogP contribution < -0.4 is 10.5 Å². The quantitative estimate of drug-likeness (QED) is 0.725. The highest BCUT2D eigenvalue weighted by Gasteiger charge is 2.15. The highest BCUT2D eigenvalue weighted by atomic mass is 79.9. The molecule has 0 saturated heterocycles. The maximum atomic E-state index is 12.2. The zero-order valence-electron chi connectivity index (χ0n) is 10.9. The van der Waals surface area contributed by atoms with Gasteiger partial charge in [-0.1, -0.05) is 36.5 Å². The Morgan fingerprint density at radius 2 is 2.05 bits per heavy atom. The molecule has 0 bridgehead atoms. The number of nitrogens with one attached hydrogen (secondary N) is 1. The summed E-state index contributed by atoms with van der Waals surface area (Å²) in [5.41, 5.74) is 6.81. The van der Waals surface area contributed by atoms with Crippen molar-refractivity contribution in [2.45, 2.75) is 12.3 Å². The first-order chi connectivity index (χ1) is 9.89. The molecule has 3 N–H and O–H groups in total. The molecule has 2 rings (SSSR count). The largest absolute Gasteiger partial charge is 0.389 e. The summed E-state index contributed by atoms with van der Waals surface area (Å²) in [6.07, 6.45) is 0. The van der Waals surface area contributed by atoms with Crippen molar-refractivity contribution in [2.75, 3.05) is 0 Å². The van der Waals surface area contributed by atoms with Crippen LogP contribution in [0.4, 0.5) is 0 Å². The van der Waals surface area contributed by atoms with Crippen LogP contribution in [0, 0.1) is 0 Å². The van der Waals surface area contributed by atoms with Crippen LogP contribution in [0.2, 0.25) is 0 Å². The van der Waals surface area contributed by atoms with Crippen LogP contribution in [0.1, 0.15) is 16.0 Å². The Bertz CT molecular complexity index is 756. The van der Waals surface area contributed by atoms with Crippen molar-refractivity contribution in [3.05, 3.63) is 56.2 Å². The lowest BCUT2D eigenvalue weighted by Crippen LogP contribution is -2.25. The van der Waals surface area contributed by atoms with Crippen LogP contribution in [-0.4, -0.2) is 13.4 Å². The highest BCUT2D eigenvalue weighted by Crippen LogP contribution is 2.22. The molecule has 1 heterocycles. The first kappa shape index (κ1) is 16.6. The molecular formula is C13H13BrN2O2S3. The summed E-state index contributed by atoms with van der Waals surface area (Å²) in [5.74, 6) is -0.149. The molecule has 2 aromatic rings. The number of benzene rings is 1. The van der Waals surface area contributed by atoms with Gasteiger partial charge in [-0.2, -0.15) is 0 Å². The number of hydrogen-bond donors (Lipinski definition) is 2. The fraction of sp³-hybridized carbons (Fsp3) is 0.154. The number of rotatable bonds is 6. The SMILES string of the molecule is NC(=S)c1ccccc1CS(=O)(=O)NCc1sccc1Br. The molecular weight excluding hydrogens is 392 g/mol. The van der Waals surface area contributed by atoms with Crippen molar-refractivity contribution < 1.29 is 8.42 Å². The van der Waals surface area contributed by atoms with Gasteiger partial charge < -0.3 is 5.73 Å². The van der Waals surface area contributed by atoms with Crippen molar-refractivity contribution in [1.82, 2.24) is 4.72 Å². The van der Waals surface area contributed by atoms with E-state index in [4.69, 9.17) is 18.0 Å². The molecule has 0 aliphatic heterocycles. The zero-order chi connectivity index (χ0) is 15.5. The Morgan fingerprint density at radius 3 is 2.67 bits per heavy atom. The lowest BCUT2D eigenvalue weighted by atomic mass is 10.1. The topological polar surface area (TPSA) is 72.2 Å². The summed E-state index contributed by atoms with van der Waals surface area (Å²) >= 11 is 9.81. The van der Waals surface area contributed by atoms with Crippen LogP contribution in [0.3, 0.4) is 0 Å². The van der Waals surface area contributed by atoms with E-state index in [1.165, 1.54) is 11.3 Å². The molecule has 112 valence electrons. The van der Waals surface area contributed by atoms with Gasteiger partial charge in [-0.25, -0.2) is 13.1 Å². The van der Waals surface area contributed by atoms with Gasteiger partial charge in [0.25, 0.3) is 0 Å².